The van der Waals surface area contributed by atoms with Gasteiger partial charge in [0.2, 0.25) is 11.8 Å². The first-order valence-corrected chi connectivity index (χ1v) is 20.9. The van der Waals surface area contributed by atoms with Crippen molar-refractivity contribution in [2.24, 2.45) is 11.8 Å². The zero-order valence-corrected chi connectivity index (χ0v) is 36.6. The Morgan fingerprint density at radius 2 is 1.41 bits per heavy atom. The largest absolute Gasteiger partial charge is 0.465 e. The molecule has 0 bridgehead atoms. The highest BCUT2D eigenvalue weighted by molar-refractivity contribution is 5.87. The monoisotopic (exact) mass is 832 g/mol. The lowest BCUT2D eigenvalue weighted by Gasteiger charge is -2.29. The predicted octanol–water partition coefficient (Wildman–Crippen LogP) is 7.97. The van der Waals surface area contributed by atoms with Crippen LogP contribution in [0.2, 0.25) is 0 Å². The van der Waals surface area contributed by atoms with Gasteiger partial charge in [-0.3, -0.25) is 9.59 Å². The van der Waals surface area contributed by atoms with Crippen LogP contribution in [0.3, 0.4) is 0 Å². The van der Waals surface area contributed by atoms with Gasteiger partial charge in [-0.15, -0.1) is 13.2 Å². The van der Waals surface area contributed by atoms with E-state index < -0.39 is 24.3 Å². The molecular formula is C47H60N8O6. The molecule has 0 radical (unpaired) electrons. The summed E-state index contributed by atoms with van der Waals surface area (Å²) in [6.45, 7) is 21.1. The van der Waals surface area contributed by atoms with Crippen molar-refractivity contribution in [1.29, 1.82) is 0 Å². The maximum atomic E-state index is 13.7. The van der Waals surface area contributed by atoms with Crippen LogP contribution in [0.25, 0.3) is 22.4 Å². The van der Waals surface area contributed by atoms with Crippen LogP contribution in [-0.4, -0.2) is 91.1 Å². The number of imidazole rings is 2. The van der Waals surface area contributed by atoms with Gasteiger partial charge in [0.1, 0.15) is 29.4 Å². The van der Waals surface area contributed by atoms with E-state index in [9.17, 15) is 24.3 Å². The molecule has 4 heterocycles. The number of carboxylic acid groups (broad SMARTS) is 1. The number of nitrogens with zero attached hydrogens (tertiary/aromatic N) is 4. The quantitative estimate of drug-likeness (QED) is 0.0787. The first-order valence-electron chi connectivity index (χ1n) is 20.9. The molecule has 4 aromatic rings. The second-order valence-electron chi connectivity index (χ2n) is 17.1. The number of aromatic amines is 2. The van der Waals surface area contributed by atoms with Gasteiger partial charge in [0.15, 0.2) is 0 Å². The van der Waals surface area contributed by atoms with E-state index in [2.05, 4.69) is 102 Å². The fraction of sp³-hybridized carbons (Fsp3) is 0.447. The number of carbonyl (C=O) groups excluding carboxylic acids is 3. The number of carbonyl (C=O) groups is 4. The standard InChI is InChI=1S/C45H56N8O6.C2H4/c1-26(2)37(50-43(56)57)41(54)53-21-11-15-36(53)40-47-25-34(49-40)30-17-16-28(33(23-30)29-12-9-13-31(22-29)45(5,6)7)18-19-32-24-46-39(48-32)35-14-10-20-52(35)42(55)38(27(3)4)51-44(58)59-8;1-2/h9,12-13,16-17,22-27,35-38,50H,10-11,14-15,20-21H2,1-8H3,(H,46,48)(H,47,49)(H,51,58)(H,56,57);1-2H2/t35-,36-,37?,38?;/m0./s1. The molecule has 4 amide bonds. The van der Waals surface area contributed by atoms with Gasteiger partial charge in [-0.2, -0.15) is 0 Å². The Balaban J connectivity index is 0.00000347. The molecule has 2 aliphatic heterocycles. The highest BCUT2D eigenvalue weighted by Crippen LogP contribution is 2.36. The third-order valence-electron chi connectivity index (χ3n) is 11.2. The molecule has 14 heteroatoms. The molecule has 5 N–H and O–H groups in total. The normalized spacial score (nSPS) is 17.2. The predicted molar refractivity (Wildman–Crippen MR) is 235 cm³/mol. The molecular weight excluding hydrogens is 773 g/mol. The van der Waals surface area contributed by atoms with E-state index in [1.807, 2.05) is 39.8 Å². The van der Waals surface area contributed by atoms with Crippen molar-refractivity contribution >= 4 is 24.0 Å². The van der Waals surface area contributed by atoms with Crippen molar-refractivity contribution in [3.05, 3.63) is 96.5 Å². The van der Waals surface area contributed by atoms with E-state index in [-0.39, 0.29) is 41.1 Å². The summed E-state index contributed by atoms with van der Waals surface area (Å²) in [6.07, 6.45) is 4.63. The van der Waals surface area contributed by atoms with E-state index in [1.54, 1.807) is 22.2 Å². The minimum Gasteiger partial charge on any atom is -0.465 e. The smallest absolute Gasteiger partial charge is 0.407 e. The zero-order valence-electron chi connectivity index (χ0n) is 36.6. The summed E-state index contributed by atoms with van der Waals surface area (Å²) >= 11 is 0. The van der Waals surface area contributed by atoms with Gasteiger partial charge in [0, 0.05) is 24.2 Å². The Kier molecular flexibility index (Phi) is 14.8. The van der Waals surface area contributed by atoms with Crippen LogP contribution in [0.5, 0.6) is 0 Å². The van der Waals surface area contributed by atoms with E-state index in [0.717, 1.165) is 47.2 Å². The van der Waals surface area contributed by atoms with Crippen LogP contribution < -0.4 is 10.6 Å². The molecule has 324 valence electrons. The second kappa shape index (κ2) is 19.8. The number of H-pyrrole nitrogens is 2. The Morgan fingerprint density at radius 3 is 1.98 bits per heavy atom. The summed E-state index contributed by atoms with van der Waals surface area (Å²) in [5.41, 5.74) is 6.13. The highest BCUT2D eigenvalue weighted by atomic mass is 16.5. The molecule has 2 saturated heterocycles. The number of amides is 4. The van der Waals surface area contributed by atoms with Gasteiger partial charge < -0.3 is 40.2 Å². The molecule has 4 atom stereocenters. The number of ether oxygens (including phenoxy) is 1. The molecule has 2 fully saturated rings. The molecule has 61 heavy (non-hydrogen) atoms. The van der Waals surface area contributed by atoms with Crippen LogP contribution in [0.1, 0.15) is 115 Å². The number of hydrogen-bond acceptors (Lipinski definition) is 7. The SMILES string of the molecule is C=C.COC(=O)NC(C(=O)N1CCC[C@H]1c1ncc(C#Cc2ccc(-c3cnc([C@@H]4CCCN4C(=O)C(NC(=O)O)C(C)C)[nH]3)cc2-c2cccc(C(C)(C)C)c2)[nH]1)C(C)C. The van der Waals surface area contributed by atoms with E-state index >= 15 is 0 Å². The van der Waals surface area contributed by atoms with E-state index in [0.29, 0.717) is 36.9 Å². The van der Waals surface area contributed by atoms with E-state index in [4.69, 9.17) is 9.72 Å². The summed E-state index contributed by atoms with van der Waals surface area (Å²) in [4.78, 5) is 70.5. The summed E-state index contributed by atoms with van der Waals surface area (Å²) in [5.74, 6) is 7.18. The summed E-state index contributed by atoms with van der Waals surface area (Å²) in [7, 11) is 1.28. The number of rotatable bonds is 10. The van der Waals surface area contributed by atoms with Crippen molar-refractivity contribution < 1.29 is 29.0 Å². The van der Waals surface area contributed by atoms with Crippen molar-refractivity contribution in [3.63, 3.8) is 0 Å². The van der Waals surface area contributed by atoms with Gasteiger partial charge >= 0.3 is 12.2 Å². The molecule has 14 nitrogen and oxygen atoms in total. The Morgan fingerprint density at radius 1 is 0.820 bits per heavy atom. The zero-order chi connectivity index (χ0) is 44.6. The Labute approximate surface area is 359 Å². The van der Waals surface area contributed by atoms with Gasteiger partial charge in [-0.1, -0.05) is 84.7 Å². The van der Waals surface area contributed by atoms with Crippen molar-refractivity contribution in [3.8, 4) is 34.2 Å². The lowest BCUT2D eigenvalue weighted by Crippen LogP contribution is -2.51. The van der Waals surface area contributed by atoms with Crippen LogP contribution in [0, 0.1) is 23.7 Å². The number of hydrogen-bond donors (Lipinski definition) is 5. The Bertz CT molecular complexity index is 2260. The average Bonchev–Trinajstić information content (AvgIpc) is 4.08. The lowest BCUT2D eigenvalue weighted by molar-refractivity contribution is -0.136. The van der Waals surface area contributed by atoms with Gasteiger partial charge in [0.05, 0.1) is 37.3 Å². The first-order chi connectivity index (χ1) is 29.0. The fourth-order valence-corrected chi connectivity index (χ4v) is 7.90. The maximum absolute atomic E-state index is 13.7. The number of aromatic nitrogens is 4. The molecule has 0 aliphatic carbocycles. The number of nitrogens with one attached hydrogen (secondary N) is 4. The topological polar surface area (TPSA) is 186 Å². The lowest BCUT2D eigenvalue weighted by atomic mass is 9.85. The molecule has 2 aromatic carbocycles. The first kappa shape index (κ1) is 45.7. The minimum atomic E-state index is -1.23. The number of alkyl carbamates (subject to hydrolysis) is 1. The fourth-order valence-electron chi connectivity index (χ4n) is 7.90. The van der Waals surface area contributed by atoms with Gasteiger partial charge in [-0.05, 0) is 77.7 Å². The van der Waals surface area contributed by atoms with Crippen molar-refractivity contribution in [2.75, 3.05) is 20.2 Å². The highest BCUT2D eigenvalue weighted by Gasteiger charge is 2.39. The van der Waals surface area contributed by atoms with Crippen LogP contribution in [0.4, 0.5) is 9.59 Å². The Hall–Kier alpha value is -6.36. The van der Waals surface area contributed by atoms with Gasteiger partial charge in [-0.25, -0.2) is 19.6 Å². The van der Waals surface area contributed by atoms with Crippen LogP contribution >= 0.6 is 0 Å². The molecule has 0 saturated carbocycles. The minimum absolute atomic E-state index is 0.0801. The second-order valence-corrected chi connectivity index (χ2v) is 17.1. The third-order valence-corrected chi connectivity index (χ3v) is 11.2. The molecule has 0 spiro atoms. The van der Waals surface area contributed by atoms with Crippen LogP contribution in [-0.2, 0) is 19.7 Å². The molecule has 2 unspecified atom stereocenters. The van der Waals surface area contributed by atoms with Crippen molar-refractivity contribution in [2.45, 2.75) is 104 Å². The third kappa shape index (κ3) is 10.7. The maximum Gasteiger partial charge on any atom is 0.407 e. The summed E-state index contributed by atoms with van der Waals surface area (Å²) in [6, 6.07) is 12.4. The number of methoxy groups -OCH3 is 1. The average molecular weight is 833 g/mol. The van der Waals surface area contributed by atoms with Crippen LogP contribution in [0.15, 0.2) is 68.0 Å². The van der Waals surface area contributed by atoms with E-state index in [1.165, 1.54) is 12.7 Å². The summed E-state index contributed by atoms with van der Waals surface area (Å²) in [5, 5.41) is 14.5. The number of benzene rings is 2. The van der Waals surface area contributed by atoms with Gasteiger partial charge in [0.25, 0.3) is 0 Å². The molecule has 6 rings (SSSR count). The summed E-state index contributed by atoms with van der Waals surface area (Å²) < 4.78 is 4.77. The molecule has 2 aliphatic rings. The number of likely N-dealkylation sites (tertiary alicyclic amines) is 2. The van der Waals surface area contributed by atoms with Crippen molar-refractivity contribution in [1.82, 2.24) is 40.4 Å². The molecule has 2 aromatic heterocycles.